The third-order valence-corrected chi connectivity index (χ3v) is 7.05. The molecule has 2 aromatic rings. The number of amides is 2. The van der Waals surface area contributed by atoms with Gasteiger partial charge < -0.3 is 28.4 Å². The van der Waals surface area contributed by atoms with Crippen molar-refractivity contribution in [3.8, 4) is 11.5 Å². The monoisotopic (exact) mass is 527 g/mol. The Balaban J connectivity index is 1.42. The summed E-state index contributed by atoms with van der Waals surface area (Å²) in [6.07, 6.45) is 7.48. The van der Waals surface area contributed by atoms with Crippen LogP contribution >= 0.6 is 0 Å². The molecule has 9 nitrogen and oxygen atoms in total. The molecule has 0 saturated carbocycles. The number of nitrogens with zero attached hydrogens (tertiary/aromatic N) is 3. The second-order valence-corrected chi connectivity index (χ2v) is 9.95. The summed E-state index contributed by atoms with van der Waals surface area (Å²) < 4.78 is 22.0. The Kier molecular flexibility index (Phi) is 10.9. The van der Waals surface area contributed by atoms with Crippen LogP contribution in [0.15, 0.2) is 41.0 Å². The molecule has 0 spiro atoms. The fourth-order valence-corrected chi connectivity index (χ4v) is 4.76. The maximum atomic E-state index is 13.7. The third-order valence-electron chi connectivity index (χ3n) is 7.05. The van der Waals surface area contributed by atoms with Crippen LogP contribution in [-0.4, -0.2) is 79.2 Å². The summed E-state index contributed by atoms with van der Waals surface area (Å²) >= 11 is 0. The molecule has 38 heavy (non-hydrogen) atoms. The fourth-order valence-electron chi connectivity index (χ4n) is 4.76. The van der Waals surface area contributed by atoms with E-state index in [1.807, 2.05) is 30.3 Å². The van der Waals surface area contributed by atoms with Crippen molar-refractivity contribution < 1.29 is 28.2 Å². The van der Waals surface area contributed by atoms with Gasteiger partial charge in [-0.05, 0) is 36.2 Å². The van der Waals surface area contributed by atoms with E-state index in [4.69, 9.17) is 18.6 Å². The predicted octanol–water partition coefficient (Wildman–Crippen LogP) is 4.06. The Hall–Kier alpha value is -3.04. The van der Waals surface area contributed by atoms with Crippen LogP contribution in [0.5, 0.6) is 11.5 Å². The van der Waals surface area contributed by atoms with E-state index in [1.54, 1.807) is 16.1 Å². The first-order valence-electron chi connectivity index (χ1n) is 13.9. The van der Waals surface area contributed by atoms with E-state index in [-0.39, 0.29) is 25.2 Å². The lowest BCUT2D eigenvalue weighted by molar-refractivity contribution is -0.141. The average Bonchev–Trinajstić information content (AvgIpc) is 3.63. The highest BCUT2D eigenvalue weighted by Crippen LogP contribution is 2.33. The van der Waals surface area contributed by atoms with Gasteiger partial charge in [0.2, 0.25) is 18.6 Å². The van der Waals surface area contributed by atoms with E-state index in [0.717, 1.165) is 44.5 Å². The van der Waals surface area contributed by atoms with Crippen molar-refractivity contribution in [1.29, 1.82) is 0 Å². The molecule has 4 rings (SSSR count). The summed E-state index contributed by atoms with van der Waals surface area (Å²) in [7, 11) is 0. The Morgan fingerprint density at radius 3 is 2.53 bits per heavy atom. The van der Waals surface area contributed by atoms with Crippen molar-refractivity contribution in [3.05, 3.63) is 47.9 Å². The van der Waals surface area contributed by atoms with E-state index < -0.39 is 0 Å². The lowest BCUT2D eigenvalue weighted by Gasteiger charge is -2.31. The number of hydrogen-bond acceptors (Lipinski definition) is 7. The lowest BCUT2D eigenvalue weighted by atomic mass is 10.1. The lowest BCUT2D eigenvalue weighted by Crippen LogP contribution is -2.47. The van der Waals surface area contributed by atoms with E-state index in [9.17, 15) is 9.59 Å². The van der Waals surface area contributed by atoms with Gasteiger partial charge in [0.25, 0.3) is 0 Å². The summed E-state index contributed by atoms with van der Waals surface area (Å²) in [5.74, 6) is 2.01. The van der Waals surface area contributed by atoms with Gasteiger partial charge in [0.1, 0.15) is 5.76 Å². The number of carbonyl (C=O) groups is 2. The van der Waals surface area contributed by atoms with Crippen molar-refractivity contribution >= 4 is 11.8 Å². The Morgan fingerprint density at radius 2 is 1.74 bits per heavy atom. The molecule has 0 unspecified atom stereocenters. The van der Waals surface area contributed by atoms with Gasteiger partial charge in [-0.15, -0.1) is 0 Å². The summed E-state index contributed by atoms with van der Waals surface area (Å²) in [6, 6.07) is 9.38. The van der Waals surface area contributed by atoms with Crippen LogP contribution in [0.25, 0.3) is 0 Å². The first kappa shape index (κ1) is 28.0. The van der Waals surface area contributed by atoms with Gasteiger partial charge in [0, 0.05) is 39.1 Å². The first-order valence-corrected chi connectivity index (χ1v) is 13.9. The molecule has 2 amide bonds. The molecule has 0 atom stereocenters. The van der Waals surface area contributed by atoms with Crippen LogP contribution < -0.4 is 9.47 Å². The Labute approximate surface area is 225 Å². The number of fused-ring (bicyclic) bond motifs is 1. The molecule has 1 aromatic heterocycles. The van der Waals surface area contributed by atoms with E-state index in [1.165, 1.54) is 12.8 Å². The number of ether oxygens (including phenoxy) is 3. The average molecular weight is 528 g/mol. The minimum atomic E-state index is -0.111. The number of furan rings is 1. The van der Waals surface area contributed by atoms with E-state index in [2.05, 4.69) is 11.8 Å². The van der Waals surface area contributed by atoms with Crippen LogP contribution in [-0.2, 0) is 27.4 Å². The van der Waals surface area contributed by atoms with Gasteiger partial charge in [0.05, 0.1) is 32.6 Å². The van der Waals surface area contributed by atoms with Gasteiger partial charge in [0.15, 0.2) is 11.5 Å². The molecule has 208 valence electrons. The first-order chi connectivity index (χ1) is 18.6. The number of rotatable bonds is 15. The molecule has 2 aliphatic heterocycles. The largest absolute Gasteiger partial charge is 0.467 e. The van der Waals surface area contributed by atoms with Crippen LogP contribution in [0, 0.1) is 0 Å². The minimum absolute atomic E-state index is 0.0450. The van der Waals surface area contributed by atoms with Crippen molar-refractivity contribution in [1.82, 2.24) is 14.7 Å². The zero-order chi connectivity index (χ0) is 26.6. The topological polar surface area (TPSA) is 84.7 Å². The maximum absolute atomic E-state index is 13.7. The van der Waals surface area contributed by atoms with Crippen molar-refractivity contribution in [2.75, 3.05) is 52.7 Å². The molecule has 0 aliphatic carbocycles. The summed E-state index contributed by atoms with van der Waals surface area (Å²) in [5.41, 5.74) is 0.927. The van der Waals surface area contributed by atoms with Crippen molar-refractivity contribution in [2.24, 2.45) is 0 Å². The molecule has 0 N–H and O–H groups in total. The molecule has 9 heteroatoms. The van der Waals surface area contributed by atoms with Crippen LogP contribution in [0.4, 0.5) is 0 Å². The van der Waals surface area contributed by atoms with Crippen LogP contribution in [0.1, 0.15) is 56.8 Å². The smallest absolute Gasteiger partial charge is 0.242 e. The number of benzene rings is 1. The summed E-state index contributed by atoms with van der Waals surface area (Å²) in [4.78, 5) is 32.7. The SMILES string of the molecule is CCCCCCCC(=O)N(CCN1CCOCC1)CC(=O)N(Cc1ccc2c(c1)OCO2)Cc1ccco1. The minimum Gasteiger partial charge on any atom is -0.467 e. The van der Waals surface area contributed by atoms with Gasteiger partial charge in [-0.3, -0.25) is 14.5 Å². The Morgan fingerprint density at radius 1 is 0.921 bits per heavy atom. The highest BCUT2D eigenvalue weighted by molar-refractivity contribution is 5.85. The summed E-state index contributed by atoms with van der Waals surface area (Å²) in [6.45, 7) is 7.49. The van der Waals surface area contributed by atoms with Gasteiger partial charge in [-0.2, -0.15) is 0 Å². The number of carbonyl (C=O) groups excluding carboxylic acids is 2. The second-order valence-electron chi connectivity index (χ2n) is 9.95. The summed E-state index contributed by atoms with van der Waals surface area (Å²) in [5, 5.41) is 0. The van der Waals surface area contributed by atoms with Crippen LogP contribution in [0.3, 0.4) is 0 Å². The standard InChI is InChI=1S/C29H41N3O6/c1-2-3-4-5-6-9-28(33)31(13-12-30-14-17-35-18-15-30)22-29(34)32(21-25-8-7-16-36-25)20-24-10-11-26-27(19-24)38-23-37-26/h7-8,10-11,16,19H,2-6,9,12-15,17-18,20-23H2,1H3. The number of unbranched alkanes of at least 4 members (excludes halogenated alkanes) is 4. The molecule has 0 radical (unpaired) electrons. The normalized spacial score (nSPS) is 15.0. The molecule has 2 aliphatic rings. The second kappa shape index (κ2) is 14.8. The van der Waals surface area contributed by atoms with Crippen LogP contribution in [0.2, 0.25) is 0 Å². The number of hydrogen-bond donors (Lipinski definition) is 0. The molecule has 0 bridgehead atoms. The van der Waals surface area contributed by atoms with Gasteiger partial charge in [-0.25, -0.2) is 0 Å². The fraction of sp³-hybridized carbons (Fsp3) is 0.586. The van der Waals surface area contributed by atoms with Crippen molar-refractivity contribution in [3.63, 3.8) is 0 Å². The van der Waals surface area contributed by atoms with Gasteiger partial charge >= 0.3 is 0 Å². The third kappa shape index (κ3) is 8.49. The molecule has 3 heterocycles. The van der Waals surface area contributed by atoms with E-state index in [0.29, 0.717) is 56.5 Å². The molecule has 1 aromatic carbocycles. The zero-order valence-electron chi connectivity index (χ0n) is 22.6. The van der Waals surface area contributed by atoms with Gasteiger partial charge in [-0.1, -0.05) is 38.7 Å². The molecular formula is C29H41N3O6. The highest BCUT2D eigenvalue weighted by Gasteiger charge is 2.24. The van der Waals surface area contributed by atoms with E-state index >= 15 is 0 Å². The molecule has 1 saturated heterocycles. The highest BCUT2D eigenvalue weighted by atomic mass is 16.7. The Bertz CT molecular complexity index is 1010. The quantitative estimate of drug-likeness (QED) is 0.323. The number of morpholine rings is 1. The predicted molar refractivity (Wildman–Crippen MR) is 143 cm³/mol. The maximum Gasteiger partial charge on any atom is 0.242 e. The molecule has 1 fully saturated rings. The van der Waals surface area contributed by atoms with Crippen molar-refractivity contribution in [2.45, 2.75) is 58.5 Å². The zero-order valence-corrected chi connectivity index (χ0v) is 22.6. The molecular weight excluding hydrogens is 486 g/mol.